The number of hydrogen-bond donors (Lipinski definition) is 1. The molecule has 1 atom stereocenters. The minimum Gasteiger partial charge on any atom is -0.330 e. The molecule has 2 N–H and O–H groups in total. The van der Waals surface area contributed by atoms with Gasteiger partial charge in [0.1, 0.15) is 0 Å². The van der Waals surface area contributed by atoms with Crippen molar-refractivity contribution in [2.45, 2.75) is 64.8 Å². The lowest BCUT2D eigenvalue weighted by atomic mass is 9.87. The maximum absolute atomic E-state index is 5.80. The fourth-order valence-corrected chi connectivity index (χ4v) is 3.64. The summed E-state index contributed by atoms with van der Waals surface area (Å²) in [6, 6.07) is 0.857. The SMILES string of the molecule is CC(C)(CN)CCCCN1CCC(N2CCCCC2)C1. The van der Waals surface area contributed by atoms with Crippen LogP contribution in [0.15, 0.2) is 0 Å². The van der Waals surface area contributed by atoms with Crippen LogP contribution in [0.5, 0.6) is 0 Å². The van der Waals surface area contributed by atoms with Gasteiger partial charge in [0.05, 0.1) is 0 Å². The Hall–Kier alpha value is -0.120. The molecule has 1 unspecified atom stereocenters. The predicted molar refractivity (Wildman–Crippen MR) is 87.0 cm³/mol. The molecule has 3 heteroatoms. The lowest BCUT2D eigenvalue weighted by Crippen LogP contribution is -2.40. The average molecular weight is 281 g/mol. The Kier molecular flexibility index (Phi) is 6.31. The van der Waals surface area contributed by atoms with E-state index >= 15 is 0 Å². The molecule has 0 bridgehead atoms. The Morgan fingerprint density at radius 1 is 1.05 bits per heavy atom. The zero-order chi connectivity index (χ0) is 14.4. The molecule has 0 radical (unpaired) electrons. The lowest BCUT2D eigenvalue weighted by molar-refractivity contribution is 0.161. The molecule has 2 aliphatic rings. The van der Waals surface area contributed by atoms with E-state index < -0.39 is 0 Å². The van der Waals surface area contributed by atoms with E-state index in [1.54, 1.807) is 0 Å². The summed E-state index contributed by atoms with van der Waals surface area (Å²) in [6.07, 6.45) is 9.63. The van der Waals surface area contributed by atoms with E-state index in [1.807, 2.05) is 0 Å². The molecule has 0 amide bonds. The highest BCUT2D eigenvalue weighted by Crippen LogP contribution is 2.23. The fourth-order valence-electron chi connectivity index (χ4n) is 3.64. The highest BCUT2D eigenvalue weighted by atomic mass is 15.3. The van der Waals surface area contributed by atoms with E-state index in [2.05, 4.69) is 23.6 Å². The zero-order valence-corrected chi connectivity index (χ0v) is 13.7. The quantitative estimate of drug-likeness (QED) is 0.728. The van der Waals surface area contributed by atoms with Crippen molar-refractivity contribution >= 4 is 0 Å². The Bertz CT molecular complexity index is 271. The van der Waals surface area contributed by atoms with E-state index in [-0.39, 0.29) is 0 Å². The van der Waals surface area contributed by atoms with Crippen molar-refractivity contribution in [3.8, 4) is 0 Å². The number of nitrogens with two attached hydrogens (primary N) is 1. The number of unbranched alkanes of at least 4 members (excludes halogenated alkanes) is 1. The fraction of sp³-hybridized carbons (Fsp3) is 1.00. The molecule has 2 rings (SSSR count). The number of likely N-dealkylation sites (tertiary alicyclic amines) is 2. The first-order chi connectivity index (χ1) is 9.61. The molecule has 0 aromatic rings. The Labute approximate surface area is 125 Å². The summed E-state index contributed by atoms with van der Waals surface area (Å²) < 4.78 is 0. The van der Waals surface area contributed by atoms with Crippen LogP contribution in [0.1, 0.15) is 58.8 Å². The molecule has 2 saturated heterocycles. The van der Waals surface area contributed by atoms with Crippen molar-refractivity contribution in [1.82, 2.24) is 9.80 Å². The third-order valence-corrected chi connectivity index (χ3v) is 5.29. The van der Waals surface area contributed by atoms with E-state index in [1.165, 1.54) is 77.7 Å². The van der Waals surface area contributed by atoms with Crippen molar-refractivity contribution in [2.24, 2.45) is 11.1 Å². The molecule has 0 aliphatic carbocycles. The third kappa shape index (κ3) is 5.01. The molecule has 2 fully saturated rings. The third-order valence-electron chi connectivity index (χ3n) is 5.29. The van der Waals surface area contributed by atoms with Gasteiger partial charge in [0.15, 0.2) is 0 Å². The summed E-state index contributed by atoms with van der Waals surface area (Å²) in [6.45, 7) is 12.0. The molecule has 118 valence electrons. The largest absolute Gasteiger partial charge is 0.330 e. The molecule has 0 aromatic heterocycles. The molecular formula is C17H35N3. The zero-order valence-electron chi connectivity index (χ0n) is 13.7. The maximum atomic E-state index is 5.80. The molecule has 3 nitrogen and oxygen atoms in total. The van der Waals surface area contributed by atoms with Crippen LogP contribution >= 0.6 is 0 Å². The standard InChI is InChI=1S/C17H35N3/c1-17(2,15-18)9-4-7-10-19-13-8-16(14-19)20-11-5-3-6-12-20/h16H,3-15,18H2,1-2H3. The van der Waals surface area contributed by atoms with Crippen LogP contribution in [0.2, 0.25) is 0 Å². The van der Waals surface area contributed by atoms with E-state index in [4.69, 9.17) is 5.73 Å². The van der Waals surface area contributed by atoms with Gasteiger partial charge in [0.25, 0.3) is 0 Å². The molecule has 0 spiro atoms. The van der Waals surface area contributed by atoms with Gasteiger partial charge in [-0.1, -0.05) is 26.7 Å². The molecular weight excluding hydrogens is 246 g/mol. The number of piperidine rings is 1. The second kappa shape index (κ2) is 7.77. The minimum atomic E-state index is 0.335. The first-order valence-electron chi connectivity index (χ1n) is 8.77. The van der Waals surface area contributed by atoms with Crippen LogP contribution in [0.4, 0.5) is 0 Å². The van der Waals surface area contributed by atoms with Crippen molar-refractivity contribution in [3.05, 3.63) is 0 Å². The number of rotatable bonds is 7. The monoisotopic (exact) mass is 281 g/mol. The van der Waals surface area contributed by atoms with Crippen LogP contribution in [0.3, 0.4) is 0 Å². The Morgan fingerprint density at radius 3 is 2.50 bits per heavy atom. The number of nitrogens with zero attached hydrogens (tertiary/aromatic N) is 2. The normalized spacial score (nSPS) is 26.2. The minimum absolute atomic E-state index is 0.335. The van der Waals surface area contributed by atoms with E-state index in [0.717, 1.165) is 12.6 Å². The van der Waals surface area contributed by atoms with Crippen LogP contribution in [-0.4, -0.2) is 55.1 Å². The van der Waals surface area contributed by atoms with Gasteiger partial charge in [-0.05, 0) is 70.2 Å². The molecule has 2 heterocycles. The van der Waals surface area contributed by atoms with Crippen molar-refractivity contribution in [2.75, 3.05) is 39.3 Å². The second-order valence-electron chi connectivity index (χ2n) is 7.67. The van der Waals surface area contributed by atoms with Gasteiger partial charge >= 0.3 is 0 Å². The summed E-state index contributed by atoms with van der Waals surface area (Å²) >= 11 is 0. The first-order valence-corrected chi connectivity index (χ1v) is 8.77. The Balaban J connectivity index is 1.59. The highest BCUT2D eigenvalue weighted by molar-refractivity contribution is 4.84. The van der Waals surface area contributed by atoms with Crippen LogP contribution in [0.25, 0.3) is 0 Å². The van der Waals surface area contributed by atoms with Crippen molar-refractivity contribution in [1.29, 1.82) is 0 Å². The van der Waals surface area contributed by atoms with Gasteiger partial charge in [-0.15, -0.1) is 0 Å². The predicted octanol–water partition coefficient (Wildman–Crippen LogP) is 2.70. The van der Waals surface area contributed by atoms with Crippen LogP contribution in [-0.2, 0) is 0 Å². The van der Waals surface area contributed by atoms with Gasteiger partial charge in [0, 0.05) is 12.6 Å². The molecule has 0 saturated carbocycles. The average Bonchev–Trinajstić information content (AvgIpc) is 2.93. The summed E-state index contributed by atoms with van der Waals surface area (Å²) in [5.41, 5.74) is 6.13. The van der Waals surface area contributed by atoms with Gasteiger partial charge in [-0.3, -0.25) is 4.90 Å². The van der Waals surface area contributed by atoms with E-state index in [9.17, 15) is 0 Å². The topological polar surface area (TPSA) is 32.5 Å². The number of hydrogen-bond acceptors (Lipinski definition) is 3. The summed E-state index contributed by atoms with van der Waals surface area (Å²) in [5, 5.41) is 0. The summed E-state index contributed by atoms with van der Waals surface area (Å²) in [4.78, 5) is 5.44. The summed E-state index contributed by atoms with van der Waals surface area (Å²) in [5.74, 6) is 0. The van der Waals surface area contributed by atoms with E-state index in [0.29, 0.717) is 5.41 Å². The van der Waals surface area contributed by atoms with Crippen molar-refractivity contribution in [3.63, 3.8) is 0 Å². The summed E-state index contributed by atoms with van der Waals surface area (Å²) in [7, 11) is 0. The van der Waals surface area contributed by atoms with Crippen LogP contribution < -0.4 is 5.73 Å². The second-order valence-corrected chi connectivity index (χ2v) is 7.67. The van der Waals surface area contributed by atoms with Gasteiger partial charge in [-0.25, -0.2) is 0 Å². The lowest BCUT2D eigenvalue weighted by Gasteiger charge is -2.32. The van der Waals surface area contributed by atoms with Crippen LogP contribution in [0, 0.1) is 5.41 Å². The smallest absolute Gasteiger partial charge is 0.0235 e. The molecule has 0 aromatic carbocycles. The molecule has 2 aliphatic heterocycles. The maximum Gasteiger partial charge on any atom is 0.0235 e. The van der Waals surface area contributed by atoms with Crippen molar-refractivity contribution < 1.29 is 0 Å². The van der Waals surface area contributed by atoms with Gasteiger partial charge in [0.2, 0.25) is 0 Å². The highest BCUT2D eigenvalue weighted by Gasteiger charge is 2.28. The molecule has 20 heavy (non-hydrogen) atoms. The Morgan fingerprint density at radius 2 is 1.80 bits per heavy atom. The van der Waals surface area contributed by atoms with Gasteiger partial charge < -0.3 is 10.6 Å². The van der Waals surface area contributed by atoms with Gasteiger partial charge in [-0.2, -0.15) is 0 Å². The first kappa shape index (κ1) is 16.3.